The number of aryl methyl sites for hydroxylation is 1. The lowest BCUT2D eigenvalue weighted by Crippen LogP contribution is -2.13. The van der Waals surface area contributed by atoms with Gasteiger partial charge in [0.15, 0.2) is 5.82 Å². The van der Waals surface area contributed by atoms with Gasteiger partial charge in [-0.05, 0) is 26.7 Å². The van der Waals surface area contributed by atoms with Crippen molar-refractivity contribution >= 4 is 5.82 Å². The highest BCUT2D eigenvalue weighted by Crippen LogP contribution is 2.22. The zero-order valence-electron chi connectivity index (χ0n) is 11.5. The second-order valence-corrected chi connectivity index (χ2v) is 4.01. The van der Waals surface area contributed by atoms with Crippen molar-refractivity contribution in [3.05, 3.63) is 17.1 Å². The summed E-state index contributed by atoms with van der Waals surface area (Å²) in [4.78, 5) is 9.14. The number of aromatic nitrogens is 2. The molecule has 0 aliphatic heterocycles. The molecule has 17 heavy (non-hydrogen) atoms. The molecular formula is C13H23N3O. The minimum absolute atomic E-state index is 0.0167. The lowest BCUT2D eigenvalue weighted by molar-refractivity contribution is 0.0925. The first-order valence-corrected chi connectivity index (χ1v) is 6.31. The number of methoxy groups -OCH3 is 1. The molecule has 4 nitrogen and oxygen atoms in total. The Hall–Kier alpha value is -1.16. The molecule has 0 aliphatic carbocycles. The lowest BCUT2D eigenvalue weighted by Gasteiger charge is -2.17. The monoisotopic (exact) mass is 237 g/mol. The van der Waals surface area contributed by atoms with Gasteiger partial charge >= 0.3 is 0 Å². The Morgan fingerprint density at radius 1 is 1.24 bits per heavy atom. The normalized spacial score (nSPS) is 12.5. The van der Waals surface area contributed by atoms with Crippen LogP contribution in [0.15, 0.2) is 0 Å². The summed E-state index contributed by atoms with van der Waals surface area (Å²) in [5, 5.41) is 3.30. The molecule has 0 aliphatic rings. The highest BCUT2D eigenvalue weighted by molar-refractivity contribution is 5.46. The molecular weight excluding hydrogens is 214 g/mol. The van der Waals surface area contributed by atoms with Gasteiger partial charge in [0.1, 0.15) is 11.9 Å². The average Bonchev–Trinajstić information content (AvgIpc) is 2.31. The van der Waals surface area contributed by atoms with E-state index in [-0.39, 0.29) is 6.10 Å². The van der Waals surface area contributed by atoms with Crippen LogP contribution >= 0.6 is 0 Å². The van der Waals surface area contributed by atoms with E-state index in [0.29, 0.717) is 0 Å². The van der Waals surface area contributed by atoms with Crippen LogP contribution in [-0.2, 0) is 11.2 Å². The number of anilines is 1. The first-order valence-electron chi connectivity index (χ1n) is 6.31. The molecule has 1 N–H and O–H groups in total. The molecule has 0 saturated carbocycles. The van der Waals surface area contributed by atoms with E-state index in [0.717, 1.165) is 36.7 Å². The third-order valence-electron chi connectivity index (χ3n) is 2.87. The molecule has 4 heteroatoms. The largest absolute Gasteiger partial charge is 0.373 e. The fourth-order valence-corrected chi connectivity index (χ4v) is 1.95. The summed E-state index contributed by atoms with van der Waals surface area (Å²) in [6.45, 7) is 9.18. The van der Waals surface area contributed by atoms with E-state index in [4.69, 9.17) is 4.74 Å². The average molecular weight is 237 g/mol. The van der Waals surface area contributed by atoms with Crippen LogP contribution in [0.3, 0.4) is 0 Å². The molecule has 1 aromatic heterocycles. The summed E-state index contributed by atoms with van der Waals surface area (Å²) in [6.07, 6.45) is 1.81. The summed E-state index contributed by atoms with van der Waals surface area (Å²) in [5.41, 5.74) is 2.24. The van der Waals surface area contributed by atoms with Crippen molar-refractivity contribution in [3.8, 4) is 0 Å². The molecule has 1 aromatic rings. The smallest absolute Gasteiger partial charge is 0.159 e. The lowest BCUT2D eigenvalue weighted by atomic mass is 10.1. The highest BCUT2D eigenvalue weighted by atomic mass is 16.5. The quantitative estimate of drug-likeness (QED) is 0.826. The van der Waals surface area contributed by atoms with Gasteiger partial charge in [0.05, 0.1) is 0 Å². The molecule has 0 fully saturated rings. The molecule has 0 saturated heterocycles. The Kier molecular flexibility index (Phi) is 5.35. The predicted molar refractivity (Wildman–Crippen MR) is 70.4 cm³/mol. The van der Waals surface area contributed by atoms with Crippen molar-refractivity contribution in [3.63, 3.8) is 0 Å². The van der Waals surface area contributed by atoms with Crippen LogP contribution in [0.2, 0.25) is 0 Å². The molecule has 1 atom stereocenters. The predicted octanol–water partition coefficient (Wildman–Crippen LogP) is 2.88. The van der Waals surface area contributed by atoms with E-state index in [1.54, 1.807) is 7.11 Å². The van der Waals surface area contributed by atoms with Crippen molar-refractivity contribution < 1.29 is 4.74 Å². The van der Waals surface area contributed by atoms with E-state index in [1.165, 1.54) is 5.56 Å². The maximum Gasteiger partial charge on any atom is 0.159 e. The Morgan fingerprint density at radius 2 is 1.94 bits per heavy atom. The second-order valence-electron chi connectivity index (χ2n) is 4.01. The molecule has 1 unspecified atom stereocenters. The third-order valence-corrected chi connectivity index (χ3v) is 2.87. The van der Waals surface area contributed by atoms with Gasteiger partial charge in [0.2, 0.25) is 0 Å². The Balaban J connectivity index is 3.17. The first kappa shape index (κ1) is 13.9. The Labute approximate surface area is 104 Å². The van der Waals surface area contributed by atoms with Gasteiger partial charge in [-0.2, -0.15) is 0 Å². The van der Waals surface area contributed by atoms with Crippen molar-refractivity contribution in [1.82, 2.24) is 9.97 Å². The first-order chi connectivity index (χ1) is 8.17. The van der Waals surface area contributed by atoms with Gasteiger partial charge in [0.25, 0.3) is 0 Å². The fraction of sp³-hybridized carbons (Fsp3) is 0.692. The number of ether oxygens (including phenoxy) is 1. The van der Waals surface area contributed by atoms with Gasteiger partial charge < -0.3 is 10.1 Å². The van der Waals surface area contributed by atoms with Crippen LogP contribution in [0.25, 0.3) is 0 Å². The number of nitrogens with zero attached hydrogens (tertiary/aromatic N) is 2. The summed E-state index contributed by atoms with van der Waals surface area (Å²) >= 11 is 0. The second kappa shape index (κ2) is 6.55. The summed E-state index contributed by atoms with van der Waals surface area (Å²) in [5.74, 6) is 1.73. The van der Waals surface area contributed by atoms with Gasteiger partial charge in [0, 0.05) is 24.9 Å². The van der Waals surface area contributed by atoms with Gasteiger partial charge in [-0.15, -0.1) is 0 Å². The summed E-state index contributed by atoms with van der Waals surface area (Å²) in [6, 6.07) is 0. The minimum Gasteiger partial charge on any atom is -0.373 e. The van der Waals surface area contributed by atoms with Crippen molar-refractivity contribution in [2.24, 2.45) is 0 Å². The van der Waals surface area contributed by atoms with Crippen LogP contribution in [0, 0.1) is 6.92 Å². The zero-order chi connectivity index (χ0) is 12.8. The minimum atomic E-state index is -0.0167. The van der Waals surface area contributed by atoms with E-state index in [1.807, 2.05) is 6.92 Å². The van der Waals surface area contributed by atoms with Crippen LogP contribution in [0.5, 0.6) is 0 Å². The van der Waals surface area contributed by atoms with E-state index in [2.05, 4.69) is 36.1 Å². The van der Waals surface area contributed by atoms with Crippen LogP contribution in [0.4, 0.5) is 5.82 Å². The number of nitrogens with one attached hydrogen (secondary N) is 1. The Morgan fingerprint density at radius 3 is 2.41 bits per heavy atom. The number of hydrogen-bond donors (Lipinski definition) is 1. The van der Waals surface area contributed by atoms with Crippen LogP contribution in [0.1, 0.15) is 50.4 Å². The number of rotatable bonds is 6. The van der Waals surface area contributed by atoms with E-state index in [9.17, 15) is 0 Å². The SMILES string of the molecule is CCNc1nc(C(CC)OC)nc(C)c1CC. The third kappa shape index (κ3) is 3.16. The zero-order valence-corrected chi connectivity index (χ0v) is 11.5. The van der Waals surface area contributed by atoms with Crippen molar-refractivity contribution in [2.75, 3.05) is 19.0 Å². The van der Waals surface area contributed by atoms with Crippen LogP contribution < -0.4 is 5.32 Å². The Bertz CT molecular complexity index is 362. The molecule has 0 radical (unpaired) electrons. The van der Waals surface area contributed by atoms with Crippen molar-refractivity contribution in [2.45, 2.75) is 46.6 Å². The maximum absolute atomic E-state index is 5.39. The van der Waals surface area contributed by atoms with Gasteiger partial charge in [-0.3, -0.25) is 0 Å². The highest BCUT2D eigenvalue weighted by Gasteiger charge is 2.16. The molecule has 1 rings (SSSR count). The summed E-state index contributed by atoms with van der Waals surface area (Å²) < 4.78 is 5.39. The van der Waals surface area contributed by atoms with Crippen molar-refractivity contribution in [1.29, 1.82) is 0 Å². The topological polar surface area (TPSA) is 47.0 Å². The van der Waals surface area contributed by atoms with Crippen LogP contribution in [-0.4, -0.2) is 23.6 Å². The summed E-state index contributed by atoms with van der Waals surface area (Å²) in [7, 11) is 1.70. The molecule has 96 valence electrons. The standard InChI is InChI=1S/C13H23N3O/c1-6-10-9(4)15-13(11(7-2)17-5)16-12(10)14-8-3/h11H,6-8H2,1-5H3,(H,14,15,16). The molecule has 0 spiro atoms. The molecule has 1 heterocycles. The maximum atomic E-state index is 5.39. The van der Waals surface area contributed by atoms with E-state index >= 15 is 0 Å². The fourth-order valence-electron chi connectivity index (χ4n) is 1.95. The molecule has 0 amide bonds. The number of hydrogen-bond acceptors (Lipinski definition) is 4. The van der Waals surface area contributed by atoms with E-state index < -0.39 is 0 Å². The van der Waals surface area contributed by atoms with Gasteiger partial charge in [-0.25, -0.2) is 9.97 Å². The molecule has 0 bridgehead atoms. The molecule has 0 aromatic carbocycles. The van der Waals surface area contributed by atoms with Gasteiger partial charge in [-0.1, -0.05) is 13.8 Å².